The highest BCUT2D eigenvalue weighted by molar-refractivity contribution is 5.76. The maximum Gasteiger partial charge on any atom is 0.369 e. The third kappa shape index (κ3) is 7.78. The third-order valence-electron chi connectivity index (χ3n) is 4.96. The van der Waals surface area contributed by atoms with Crippen LogP contribution < -0.4 is 11.1 Å². The summed E-state index contributed by atoms with van der Waals surface area (Å²) in [7, 11) is 0. The number of carboxylic acid groups (broad SMARTS) is 1. The van der Waals surface area contributed by atoms with Gasteiger partial charge in [0.25, 0.3) is 0 Å². The Bertz CT molecular complexity index is 593. The molecule has 30 heavy (non-hydrogen) atoms. The van der Waals surface area contributed by atoms with E-state index in [2.05, 4.69) is 12.2 Å². The number of aliphatic hydroxyl groups is 2. The zero-order valence-electron chi connectivity index (χ0n) is 17.4. The van der Waals surface area contributed by atoms with E-state index < -0.39 is 67.1 Å². The van der Waals surface area contributed by atoms with Crippen LogP contribution in [0.4, 0.5) is 4.39 Å². The number of amides is 1. The lowest BCUT2D eigenvalue weighted by Crippen LogP contribution is -2.68. The molecule has 10 nitrogen and oxygen atoms in total. The number of nitrogens with one attached hydrogen (secondary N) is 1. The number of unbranched alkanes of at least 4 members (excludes halogenated alkanes) is 4. The van der Waals surface area contributed by atoms with Crippen molar-refractivity contribution in [3.63, 3.8) is 0 Å². The highest BCUT2D eigenvalue weighted by Gasteiger charge is 2.54. The van der Waals surface area contributed by atoms with Crippen LogP contribution in [0.5, 0.6) is 0 Å². The quantitative estimate of drug-likeness (QED) is 0.208. The molecule has 0 saturated carbocycles. The van der Waals surface area contributed by atoms with Crippen LogP contribution in [0, 0.1) is 0 Å². The van der Waals surface area contributed by atoms with Crippen molar-refractivity contribution in [3.05, 3.63) is 0 Å². The van der Waals surface area contributed by atoms with Crippen LogP contribution in [0.3, 0.4) is 0 Å². The van der Waals surface area contributed by atoms with Crippen molar-refractivity contribution in [3.8, 4) is 0 Å². The minimum atomic E-state index is -3.20. The summed E-state index contributed by atoms with van der Waals surface area (Å²) in [6.45, 7) is 2.62. The fraction of sp³-hybridized carbons (Fsp3) is 0.842. The summed E-state index contributed by atoms with van der Waals surface area (Å²) in [5, 5.41) is 32.0. The summed E-state index contributed by atoms with van der Waals surface area (Å²) in [6, 6.07) is -2.37. The average molecular weight is 436 g/mol. The normalized spacial score (nSPS) is 28.4. The van der Waals surface area contributed by atoms with E-state index >= 15 is 0 Å². The summed E-state index contributed by atoms with van der Waals surface area (Å²) in [5.74, 6) is -6.28. The lowest BCUT2D eigenvalue weighted by atomic mass is 9.88. The van der Waals surface area contributed by atoms with E-state index in [4.69, 9.17) is 20.3 Å². The molecule has 1 aliphatic heterocycles. The van der Waals surface area contributed by atoms with Gasteiger partial charge in [-0.2, -0.15) is 4.39 Å². The van der Waals surface area contributed by atoms with Crippen LogP contribution in [-0.2, 0) is 23.9 Å². The number of halogens is 1. The van der Waals surface area contributed by atoms with Crippen LogP contribution in [0.25, 0.3) is 0 Å². The minimum absolute atomic E-state index is 0.151. The molecule has 0 spiro atoms. The molecule has 0 bridgehead atoms. The second-order valence-electron chi connectivity index (χ2n) is 7.62. The molecular formula is C19H33FN2O8. The van der Waals surface area contributed by atoms with E-state index in [-0.39, 0.29) is 6.42 Å². The first-order valence-electron chi connectivity index (χ1n) is 10.2. The summed E-state index contributed by atoms with van der Waals surface area (Å²) < 4.78 is 24.4. The molecule has 1 heterocycles. The Balaban J connectivity index is 2.70. The second kappa shape index (κ2) is 12.1. The Hall–Kier alpha value is -1.82. The minimum Gasteiger partial charge on any atom is -0.477 e. The number of aliphatic hydroxyl groups excluding tert-OH is 2. The number of hydrogen-bond donors (Lipinski definition) is 5. The number of rotatable bonds is 12. The van der Waals surface area contributed by atoms with E-state index in [0.717, 1.165) is 32.6 Å². The number of nitrogens with two attached hydrogens (primary N) is 1. The molecule has 6 N–H and O–H groups in total. The number of carbonyl (C=O) groups excluding carboxylic acids is 2. The zero-order valence-corrected chi connectivity index (χ0v) is 17.4. The molecule has 1 aliphatic rings. The molecule has 0 aliphatic carbocycles. The highest BCUT2D eigenvalue weighted by Crippen LogP contribution is 2.32. The molecule has 6 atom stereocenters. The predicted molar refractivity (Wildman–Crippen MR) is 103 cm³/mol. The van der Waals surface area contributed by atoms with E-state index in [1.807, 2.05) is 0 Å². The number of carbonyl (C=O) groups is 3. The maximum atomic E-state index is 14.6. The molecule has 0 radical (unpaired) electrons. The van der Waals surface area contributed by atoms with E-state index in [9.17, 15) is 29.0 Å². The van der Waals surface area contributed by atoms with Crippen molar-refractivity contribution in [2.45, 2.75) is 95.0 Å². The number of aliphatic carboxylic acids is 1. The van der Waals surface area contributed by atoms with Gasteiger partial charge >= 0.3 is 17.8 Å². The smallest absolute Gasteiger partial charge is 0.369 e. The zero-order chi connectivity index (χ0) is 22.9. The van der Waals surface area contributed by atoms with Gasteiger partial charge in [-0.25, -0.2) is 4.79 Å². The topological polar surface area (TPSA) is 168 Å². The maximum absolute atomic E-state index is 14.6. The van der Waals surface area contributed by atoms with Crippen molar-refractivity contribution in [1.29, 1.82) is 0 Å². The molecule has 1 amide bonds. The van der Waals surface area contributed by atoms with Crippen molar-refractivity contribution in [1.82, 2.24) is 5.32 Å². The van der Waals surface area contributed by atoms with Crippen LogP contribution in [0.15, 0.2) is 0 Å². The molecule has 0 aromatic rings. The van der Waals surface area contributed by atoms with Crippen molar-refractivity contribution in [2.24, 2.45) is 5.73 Å². The van der Waals surface area contributed by atoms with Gasteiger partial charge in [0.2, 0.25) is 5.91 Å². The first-order chi connectivity index (χ1) is 14.0. The first kappa shape index (κ1) is 26.2. The fourth-order valence-electron chi connectivity index (χ4n) is 3.30. The molecule has 1 fully saturated rings. The van der Waals surface area contributed by atoms with Gasteiger partial charge in [0.1, 0.15) is 24.9 Å². The van der Waals surface area contributed by atoms with Crippen LogP contribution in [0.2, 0.25) is 0 Å². The largest absolute Gasteiger partial charge is 0.477 e. The van der Waals surface area contributed by atoms with E-state index in [1.54, 1.807) is 0 Å². The first-order valence-corrected chi connectivity index (χ1v) is 10.2. The Morgan fingerprint density at radius 2 is 1.90 bits per heavy atom. The number of ether oxygens (including phenoxy) is 2. The standard InChI is InChI=1S/C19H33FN2O8/c1-3-4-5-6-7-8-14(25)29-10-13(24)16(26)17-15(22-11(2)23)12(21)9-19(20,30-17)18(27)28/h12-13,15-17,24,26H,3-10,21H2,1-2H3,(H,22,23)(H,27,28)/t12?,13-,15-,16-,17?,19-/m1/s1. The molecule has 0 aromatic carbocycles. The highest BCUT2D eigenvalue weighted by atomic mass is 19.2. The SMILES string of the molecule is CCCCCCCC(=O)OC[C@@H](O)[C@@H](O)C1O[C@@](F)(C(=O)O)CC(N)[C@H]1NC(C)=O. The predicted octanol–water partition coefficient (Wildman–Crippen LogP) is -0.0168. The molecule has 174 valence electrons. The molecule has 1 saturated heterocycles. The van der Waals surface area contributed by atoms with Crippen LogP contribution >= 0.6 is 0 Å². The number of hydrogen-bond acceptors (Lipinski definition) is 8. The van der Waals surface area contributed by atoms with Gasteiger partial charge in [0.15, 0.2) is 0 Å². The third-order valence-corrected chi connectivity index (χ3v) is 4.96. The second-order valence-corrected chi connectivity index (χ2v) is 7.62. The number of carboxylic acids is 1. The molecule has 11 heteroatoms. The van der Waals surface area contributed by atoms with Crippen molar-refractivity contribution in [2.75, 3.05) is 6.61 Å². The van der Waals surface area contributed by atoms with Gasteiger partial charge < -0.3 is 35.8 Å². The van der Waals surface area contributed by atoms with Crippen molar-refractivity contribution >= 4 is 17.8 Å². The lowest BCUT2D eigenvalue weighted by molar-refractivity contribution is -0.254. The van der Waals surface area contributed by atoms with Gasteiger partial charge in [0, 0.05) is 25.8 Å². The van der Waals surface area contributed by atoms with Crippen LogP contribution in [0.1, 0.15) is 58.8 Å². The van der Waals surface area contributed by atoms with Gasteiger partial charge in [0.05, 0.1) is 6.04 Å². The molecular weight excluding hydrogens is 403 g/mol. The van der Waals surface area contributed by atoms with Gasteiger partial charge in [-0.1, -0.05) is 32.6 Å². The van der Waals surface area contributed by atoms with Crippen LogP contribution in [-0.4, -0.2) is 76.0 Å². The Morgan fingerprint density at radius 1 is 1.27 bits per heavy atom. The lowest BCUT2D eigenvalue weighted by Gasteiger charge is -2.44. The van der Waals surface area contributed by atoms with Gasteiger partial charge in [-0.15, -0.1) is 0 Å². The Morgan fingerprint density at radius 3 is 2.47 bits per heavy atom. The fourth-order valence-corrected chi connectivity index (χ4v) is 3.30. The average Bonchev–Trinajstić information content (AvgIpc) is 2.67. The molecule has 0 aromatic heterocycles. The van der Waals surface area contributed by atoms with Gasteiger partial charge in [-0.3, -0.25) is 9.59 Å². The van der Waals surface area contributed by atoms with E-state index in [0.29, 0.717) is 6.42 Å². The summed E-state index contributed by atoms with van der Waals surface area (Å²) >= 11 is 0. The molecule has 2 unspecified atom stereocenters. The Kier molecular flexibility index (Phi) is 10.6. The summed E-state index contributed by atoms with van der Waals surface area (Å²) in [6.07, 6.45) is -1.23. The Labute approximate surface area is 174 Å². The molecule has 1 rings (SSSR count). The van der Waals surface area contributed by atoms with Crippen molar-refractivity contribution < 1.29 is 43.6 Å². The van der Waals surface area contributed by atoms with Gasteiger partial charge in [-0.05, 0) is 6.42 Å². The summed E-state index contributed by atoms with van der Waals surface area (Å²) in [4.78, 5) is 34.4. The number of esters is 1. The number of alkyl halides is 1. The summed E-state index contributed by atoms with van der Waals surface area (Å²) in [5.41, 5.74) is 5.80. The monoisotopic (exact) mass is 436 g/mol. The van der Waals surface area contributed by atoms with E-state index in [1.165, 1.54) is 0 Å².